The highest BCUT2D eigenvalue weighted by atomic mass is 127. The first kappa shape index (κ1) is 16.9. The molecule has 2 aromatic carbocycles. The van der Waals surface area contributed by atoms with Crippen molar-refractivity contribution in [3.05, 3.63) is 63.8 Å². The molecule has 2 rings (SSSR count). The highest BCUT2D eigenvalue weighted by molar-refractivity contribution is 5.37. The van der Waals surface area contributed by atoms with Crippen LogP contribution in [0.25, 0.3) is 0 Å². The van der Waals surface area contributed by atoms with Crippen molar-refractivity contribution < 1.29 is 40.5 Å². The highest BCUT2D eigenvalue weighted by Gasteiger charge is 2.29. The van der Waals surface area contributed by atoms with Crippen molar-refractivity contribution in [3.63, 3.8) is 0 Å². The van der Waals surface area contributed by atoms with Gasteiger partial charge in [0, 0.05) is 12.1 Å². The molecule has 120 valence electrons. The van der Waals surface area contributed by atoms with Crippen LogP contribution < -0.4 is 30.7 Å². The third kappa shape index (κ3) is 3.86. The fourth-order valence-corrected chi connectivity index (χ4v) is 4.70. The van der Waals surface area contributed by atoms with Gasteiger partial charge in [-0.1, -0.05) is 0 Å². The quantitative estimate of drug-likeness (QED) is 0.352. The minimum absolute atomic E-state index is 0.0510. The summed E-state index contributed by atoms with van der Waals surface area (Å²) in [5.41, 5.74) is -0.102. The van der Waals surface area contributed by atoms with E-state index in [1.54, 1.807) is 0 Å². The Hall–Kier alpha value is -2.43. The molecule has 2 aromatic rings. The van der Waals surface area contributed by atoms with E-state index < -0.39 is 31.1 Å². The second kappa shape index (κ2) is 7.22. The fourth-order valence-electron chi connectivity index (χ4n) is 1.80. The van der Waals surface area contributed by atoms with Crippen LogP contribution in [0.3, 0.4) is 0 Å². The van der Waals surface area contributed by atoms with Crippen LogP contribution in [0.5, 0.6) is 11.5 Å². The highest BCUT2D eigenvalue weighted by Crippen LogP contribution is 2.19. The standard InChI is InChI=1S/C14H12IN2O6/c1-22-13-5-3-9(16(18)19)7-11(13)15-12-8-10(17(20)21)4-6-14(12)23-2/h3-8H,1-2H3/q+1. The van der Waals surface area contributed by atoms with Crippen LogP contribution in [0, 0.1) is 27.4 Å². The maximum absolute atomic E-state index is 10.9. The monoisotopic (exact) mass is 431 g/mol. The van der Waals surface area contributed by atoms with Crippen LogP contribution in [0.2, 0.25) is 0 Å². The van der Waals surface area contributed by atoms with Gasteiger partial charge in [0.2, 0.25) is 7.14 Å². The topological polar surface area (TPSA) is 105 Å². The summed E-state index contributed by atoms with van der Waals surface area (Å²) in [4.78, 5) is 20.9. The summed E-state index contributed by atoms with van der Waals surface area (Å²) in [5, 5.41) is 21.9. The van der Waals surface area contributed by atoms with Gasteiger partial charge < -0.3 is 9.47 Å². The number of hydrogen-bond donors (Lipinski definition) is 0. The van der Waals surface area contributed by atoms with Gasteiger partial charge in [-0.3, -0.25) is 20.2 Å². The summed E-state index contributed by atoms with van der Waals surface area (Å²) in [6.45, 7) is 0. The molecular formula is C14H12IN2O6+. The molecule has 0 radical (unpaired) electrons. The maximum atomic E-state index is 10.9. The van der Waals surface area contributed by atoms with Gasteiger partial charge >= 0.3 is 21.2 Å². The molecule has 0 atom stereocenters. The van der Waals surface area contributed by atoms with E-state index in [1.807, 2.05) is 0 Å². The normalized spacial score (nSPS) is 10.2. The van der Waals surface area contributed by atoms with Crippen LogP contribution in [0.4, 0.5) is 11.4 Å². The van der Waals surface area contributed by atoms with Crippen molar-refractivity contribution in [2.75, 3.05) is 14.2 Å². The third-order valence-corrected chi connectivity index (χ3v) is 5.74. The zero-order valence-corrected chi connectivity index (χ0v) is 14.3. The number of benzene rings is 2. The number of nitrogens with zero attached hydrogens (tertiary/aromatic N) is 2. The number of methoxy groups -OCH3 is 2. The molecule has 0 saturated heterocycles. The minimum Gasteiger partial charge on any atom is -0.492 e. The van der Waals surface area contributed by atoms with E-state index in [9.17, 15) is 20.2 Å². The summed E-state index contributed by atoms with van der Waals surface area (Å²) >= 11 is -0.971. The molecule has 9 heteroatoms. The number of hydrogen-bond acceptors (Lipinski definition) is 6. The van der Waals surface area contributed by atoms with Crippen LogP contribution in [-0.4, -0.2) is 24.1 Å². The van der Waals surface area contributed by atoms with Crippen LogP contribution in [0.1, 0.15) is 0 Å². The Bertz CT molecular complexity index is 701. The Balaban J connectivity index is 2.48. The van der Waals surface area contributed by atoms with Gasteiger partial charge in [-0.25, -0.2) is 0 Å². The summed E-state index contributed by atoms with van der Waals surface area (Å²) in [5.74, 6) is 1.02. The maximum Gasteiger partial charge on any atom is 0.366 e. The molecule has 0 heterocycles. The summed E-state index contributed by atoms with van der Waals surface area (Å²) in [7, 11) is 2.94. The van der Waals surface area contributed by atoms with Gasteiger partial charge in [-0.15, -0.1) is 0 Å². The average molecular weight is 431 g/mol. The van der Waals surface area contributed by atoms with E-state index in [1.165, 1.54) is 50.6 Å². The molecular weight excluding hydrogens is 419 g/mol. The second-order valence-corrected chi connectivity index (χ2v) is 7.11. The summed E-state index contributed by atoms with van der Waals surface area (Å²) < 4.78 is 11.8. The lowest BCUT2D eigenvalue weighted by Crippen LogP contribution is -3.61. The summed E-state index contributed by atoms with van der Waals surface area (Å²) in [6.07, 6.45) is 0. The SMILES string of the molecule is COc1ccc([N+](=O)[O-])cc1[I+]c1cc([N+](=O)[O-])ccc1OC. The Labute approximate surface area is 141 Å². The van der Waals surface area contributed by atoms with Crippen molar-refractivity contribution in [2.24, 2.45) is 0 Å². The largest absolute Gasteiger partial charge is 0.492 e. The first-order valence-electron chi connectivity index (χ1n) is 6.26. The Kier molecular flexibility index (Phi) is 5.32. The van der Waals surface area contributed by atoms with E-state index >= 15 is 0 Å². The molecule has 0 unspecified atom stereocenters. The predicted molar refractivity (Wildman–Crippen MR) is 76.7 cm³/mol. The zero-order chi connectivity index (χ0) is 17.0. The number of rotatable bonds is 6. The lowest BCUT2D eigenvalue weighted by Gasteiger charge is -2.02. The van der Waals surface area contributed by atoms with Crippen molar-refractivity contribution in [3.8, 4) is 11.5 Å². The van der Waals surface area contributed by atoms with Crippen LogP contribution in [-0.2, 0) is 0 Å². The summed E-state index contributed by atoms with van der Waals surface area (Å²) in [6, 6.07) is 8.64. The van der Waals surface area contributed by atoms with Gasteiger partial charge in [0.25, 0.3) is 11.4 Å². The smallest absolute Gasteiger partial charge is 0.366 e. The third-order valence-electron chi connectivity index (χ3n) is 2.90. The van der Waals surface area contributed by atoms with Crippen molar-refractivity contribution in [2.45, 2.75) is 0 Å². The number of nitro groups is 2. The zero-order valence-electron chi connectivity index (χ0n) is 12.2. The van der Waals surface area contributed by atoms with Crippen LogP contribution >= 0.6 is 0 Å². The minimum atomic E-state index is -0.971. The van der Waals surface area contributed by atoms with Gasteiger partial charge in [-0.2, -0.15) is 0 Å². The van der Waals surface area contributed by atoms with Gasteiger partial charge in [0.05, 0.1) is 36.2 Å². The Morgan fingerprint density at radius 2 is 1.22 bits per heavy atom. The van der Waals surface area contributed by atoms with E-state index in [-0.39, 0.29) is 11.4 Å². The molecule has 0 aliphatic heterocycles. The lowest BCUT2D eigenvalue weighted by atomic mass is 10.3. The first-order chi connectivity index (χ1) is 11.0. The molecule has 0 saturated carbocycles. The molecule has 0 fully saturated rings. The molecule has 23 heavy (non-hydrogen) atoms. The van der Waals surface area contributed by atoms with E-state index in [4.69, 9.17) is 9.47 Å². The number of halogens is 1. The van der Waals surface area contributed by atoms with Gasteiger partial charge in [0.1, 0.15) is 0 Å². The molecule has 0 aliphatic carbocycles. The van der Waals surface area contributed by atoms with E-state index in [0.717, 1.165) is 0 Å². The van der Waals surface area contributed by atoms with E-state index in [0.29, 0.717) is 18.6 Å². The molecule has 0 N–H and O–H groups in total. The number of nitro benzene ring substituents is 2. The average Bonchev–Trinajstić information content (AvgIpc) is 2.54. The number of non-ortho nitro benzene ring substituents is 2. The fraction of sp³-hybridized carbons (Fsp3) is 0.143. The van der Waals surface area contributed by atoms with Crippen molar-refractivity contribution in [1.29, 1.82) is 0 Å². The Morgan fingerprint density at radius 3 is 1.52 bits per heavy atom. The molecule has 8 nitrogen and oxygen atoms in total. The van der Waals surface area contributed by atoms with Gasteiger partial charge in [-0.05, 0) is 12.1 Å². The predicted octanol–water partition coefficient (Wildman–Crippen LogP) is -0.351. The lowest BCUT2D eigenvalue weighted by molar-refractivity contribution is -0.599. The molecule has 0 spiro atoms. The first-order valence-corrected chi connectivity index (χ1v) is 8.41. The molecule has 0 aromatic heterocycles. The molecule has 0 amide bonds. The molecule has 0 aliphatic rings. The van der Waals surface area contributed by atoms with Crippen LogP contribution in [0.15, 0.2) is 36.4 Å². The van der Waals surface area contributed by atoms with Crippen molar-refractivity contribution >= 4 is 11.4 Å². The second-order valence-electron chi connectivity index (χ2n) is 4.25. The van der Waals surface area contributed by atoms with Crippen molar-refractivity contribution in [1.82, 2.24) is 0 Å². The number of ether oxygens (including phenoxy) is 2. The van der Waals surface area contributed by atoms with E-state index in [2.05, 4.69) is 0 Å². The van der Waals surface area contributed by atoms with Gasteiger partial charge in [0.15, 0.2) is 11.5 Å². The Morgan fingerprint density at radius 1 is 0.826 bits per heavy atom. The molecule has 0 bridgehead atoms.